The van der Waals surface area contributed by atoms with Crippen LogP contribution in [0.25, 0.3) is 0 Å². The van der Waals surface area contributed by atoms with Crippen molar-refractivity contribution in [2.75, 3.05) is 18.4 Å². The van der Waals surface area contributed by atoms with Crippen LogP contribution in [-0.4, -0.2) is 27.4 Å². The van der Waals surface area contributed by atoms with Crippen molar-refractivity contribution in [2.45, 2.75) is 24.8 Å². The zero-order valence-corrected chi connectivity index (χ0v) is 16.5. The second kappa shape index (κ2) is 11.0. The maximum atomic E-state index is 13.6. The third-order valence-electron chi connectivity index (χ3n) is 3.56. The summed E-state index contributed by atoms with van der Waals surface area (Å²) in [7, 11) is -3.99. The molecule has 0 unspecified atom stereocenters. The Labute approximate surface area is 165 Å². The molecule has 0 aliphatic heterocycles. The number of benzene rings is 2. The number of anilines is 1. The molecule has 0 aliphatic rings. The maximum Gasteiger partial charge on any atom is 0.243 e. The summed E-state index contributed by atoms with van der Waals surface area (Å²) in [6, 6.07) is 12.5. The Morgan fingerprint density at radius 3 is 2.56 bits per heavy atom. The Kier molecular flexibility index (Phi) is 9.37. The fourth-order valence-electron chi connectivity index (χ4n) is 2.29. The fraction of sp³-hybridized carbons (Fsp3) is 0.278. The number of amides is 1. The minimum absolute atomic E-state index is 0. The molecule has 3 N–H and O–H groups in total. The first kappa shape index (κ1) is 23.0. The molecular weight excluding hydrogens is 393 g/mol. The van der Waals surface area contributed by atoms with Crippen LogP contribution >= 0.6 is 12.4 Å². The number of sulfonamides is 1. The van der Waals surface area contributed by atoms with Crippen molar-refractivity contribution in [1.29, 1.82) is 0 Å². The van der Waals surface area contributed by atoms with Crippen LogP contribution in [0, 0.1) is 5.82 Å². The third-order valence-corrected chi connectivity index (χ3v) is 5.05. The lowest BCUT2D eigenvalue weighted by Gasteiger charge is -2.09. The van der Waals surface area contributed by atoms with Crippen molar-refractivity contribution in [1.82, 2.24) is 10.0 Å². The van der Waals surface area contributed by atoms with Crippen LogP contribution in [-0.2, 0) is 21.4 Å². The van der Waals surface area contributed by atoms with Crippen molar-refractivity contribution in [2.24, 2.45) is 0 Å². The van der Waals surface area contributed by atoms with Crippen LogP contribution in [0.5, 0.6) is 0 Å². The van der Waals surface area contributed by atoms with Gasteiger partial charge in [0.15, 0.2) is 0 Å². The lowest BCUT2D eigenvalue weighted by Crippen LogP contribution is -2.28. The van der Waals surface area contributed by atoms with Gasteiger partial charge in [0, 0.05) is 25.2 Å². The molecule has 0 fully saturated rings. The second-order valence-electron chi connectivity index (χ2n) is 5.61. The summed E-state index contributed by atoms with van der Waals surface area (Å²) in [5.41, 5.74) is 1.67. The molecule has 0 bridgehead atoms. The van der Waals surface area contributed by atoms with Crippen LogP contribution in [0.3, 0.4) is 0 Å². The van der Waals surface area contributed by atoms with E-state index in [4.69, 9.17) is 0 Å². The summed E-state index contributed by atoms with van der Waals surface area (Å²) in [6.07, 6.45) is -0.0644. The Hall–Kier alpha value is -2.00. The number of hydrogen-bond acceptors (Lipinski definition) is 4. The van der Waals surface area contributed by atoms with Gasteiger partial charge < -0.3 is 10.6 Å². The molecule has 2 aromatic carbocycles. The average Bonchev–Trinajstić information content (AvgIpc) is 2.60. The van der Waals surface area contributed by atoms with E-state index in [1.54, 1.807) is 6.07 Å². The van der Waals surface area contributed by atoms with Crippen molar-refractivity contribution in [3.05, 3.63) is 59.9 Å². The van der Waals surface area contributed by atoms with Crippen molar-refractivity contribution >= 4 is 34.0 Å². The minimum atomic E-state index is -3.99. The zero-order chi connectivity index (χ0) is 19.0. The Bertz CT molecular complexity index is 862. The first-order valence-electron chi connectivity index (χ1n) is 8.26. The first-order valence-corrected chi connectivity index (χ1v) is 9.74. The van der Waals surface area contributed by atoms with Gasteiger partial charge in [0.1, 0.15) is 10.7 Å². The van der Waals surface area contributed by atoms with E-state index in [1.807, 2.05) is 25.1 Å². The molecule has 0 heterocycles. The summed E-state index contributed by atoms with van der Waals surface area (Å²) < 4.78 is 39.9. The van der Waals surface area contributed by atoms with Gasteiger partial charge in [-0.3, -0.25) is 4.79 Å². The van der Waals surface area contributed by atoms with Crippen molar-refractivity contribution < 1.29 is 17.6 Å². The Balaban J connectivity index is 0.00000364. The average molecular weight is 416 g/mol. The lowest BCUT2D eigenvalue weighted by molar-refractivity contribution is -0.116. The van der Waals surface area contributed by atoms with E-state index < -0.39 is 20.7 Å². The van der Waals surface area contributed by atoms with E-state index >= 15 is 0 Å². The van der Waals surface area contributed by atoms with E-state index in [0.717, 1.165) is 18.2 Å². The van der Waals surface area contributed by atoms with E-state index in [1.165, 1.54) is 18.2 Å². The van der Waals surface area contributed by atoms with E-state index in [2.05, 4.69) is 15.4 Å². The predicted molar refractivity (Wildman–Crippen MR) is 106 cm³/mol. The molecule has 148 valence electrons. The summed E-state index contributed by atoms with van der Waals surface area (Å²) in [6.45, 7) is 3.43. The molecule has 0 saturated carbocycles. The normalized spacial score (nSPS) is 10.9. The fourth-order valence-corrected chi connectivity index (χ4v) is 3.40. The highest BCUT2D eigenvalue weighted by atomic mass is 35.5. The van der Waals surface area contributed by atoms with Crippen LogP contribution in [0.15, 0.2) is 53.4 Å². The van der Waals surface area contributed by atoms with Crippen molar-refractivity contribution in [3.63, 3.8) is 0 Å². The van der Waals surface area contributed by atoms with Gasteiger partial charge in [-0.1, -0.05) is 31.2 Å². The number of carbonyl (C=O) groups excluding carboxylic acids is 1. The number of halogens is 2. The van der Waals surface area contributed by atoms with Gasteiger partial charge in [0.25, 0.3) is 0 Å². The number of hydrogen-bond donors (Lipinski definition) is 3. The second-order valence-corrected chi connectivity index (χ2v) is 7.34. The minimum Gasteiger partial charge on any atom is -0.326 e. The van der Waals surface area contributed by atoms with E-state index in [-0.39, 0.29) is 31.3 Å². The van der Waals surface area contributed by atoms with Gasteiger partial charge in [-0.25, -0.2) is 17.5 Å². The predicted octanol–water partition coefficient (Wildman–Crippen LogP) is 2.66. The molecule has 0 aliphatic carbocycles. The number of rotatable bonds is 9. The highest BCUT2D eigenvalue weighted by Gasteiger charge is 2.18. The molecule has 6 nitrogen and oxygen atoms in total. The number of carbonyl (C=O) groups is 1. The first-order chi connectivity index (χ1) is 12.4. The lowest BCUT2D eigenvalue weighted by atomic mass is 10.2. The molecule has 0 atom stereocenters. The molecule has 0 radical (unpaired) electrons. The topological polar surface area (TPSA) is 87.3 Å². The van der Waals surface area contributed by atoms with Crippen LogP contribution in [0.1, 0.15) is 18.9 Å². The maximum absolute atomic E-state index is 13.6. The summed E-state index contributed by atoms with van der Waals surface area (Å²) in [5.74, 6) is -1.16. The standard InChI is InChI=1S/C18H22FN3O3S.ClH/c1-2-20-13-14-6-5-7-15(12-14)22-18(23)10-11-21-26(24,25)17-9-4-3-8-16(17)19;/h3-9,12,20-21H,2,10-11,13H2,1H3,(H,22,23);1H. The van der Waals surface area contributed by atoms with Gasteiger partial charge in [0.2, 0.25) is 15.9 Å². The molecule has 9 heteroatoms. The molecule has 0 aromatic heterocycles. The highest BCUT2D eigenvalue weighted by molar-refractivity contribution is 7.89. The molecule has 1 amide bonds. The van der Waals surface area contributed by atoms with Gasteiger partial charge >= 0.3 is 0 Å². The van der Waals surface area contributed by atoms with Gasteiger partial charge in [0.05, 0.1) is 0 Å². The van der Waals surface area contributed by atoms with Crippen LogP contribution in [0.4, 0.5) is 10.1 Å². The largest absolute Gasteiger partial charge is 0.326 e. The summed E-state index contributed by atoms with van der Waals surface area (Å²) >= 11 is 0. The summed E-state index contributed by atoms with van der Waals surface area (Å²) in [4.78, 5) is 11.6. The monoisotopic (exact) mass is 415 g/mol. The van der Waals surface area contributed by atoms with E-state index in [0.29, 0.717) is 12.2 Å². The van der Waals surface area contributed by atoms with Crippen LogP contribution in [0.2, 0.25) is 0 Å². The Morgan fingerprint density at radius 1 is 1.11 bits per heavy atom. The van der Waals surface area contributed by atoms with Gasteiger partial charge in [-0.2, -0.15) is 0 Å². The van der Waals surface area contributed by atoms with Gasteiger partial charge in [-0.15, -0.1) is 12.4 Å². The Morgan fingerprint density at radius 2 is 1.85 bits per heavy atom. The number of nitrogens with one attached hydrogen (secondary N) is 3. The van der Waals surface area contributed by atoms with E-state index in [9.17, 15) is 17.6 Å². The smallest absolute Gasteiger partial charge is 0.243 e. The molecule has 0 saturated heterocycles. The molecule has 27 heavy (non-hydrogen) atoms. The molecule has 2 rings (SSSR count). The zero-order valence-electron chi connectivity index (χ0n) is 14.9. The third kappa shape index (κ3) is 7.26. The van der Waals surface area contributed by atoms with Gasteiger partial charge in [-0.05, 0) is 36.4 Å². The quantitative estimate of drug-likeness (QED) is 0.587. The molecular formula is C18H23ClFN3O3S. The summed E-state index contributed by atoms with van der Waals surface area (Å²) in [5, 5.41) is 5.92. The van der Waals surface area contributed by atoms with Crippen LogP contribution < -0.4 is 15.4 Å². The van der Waals surface area contributed by atoms with Crippen molar-refractivity contribution in [3.8, 4) is 0 Å². The molecule has 2 aromatic rings. The SMILES string of the molecule is CCNCc1cccc(NC(=O)CCNS(=O)(=O)c2ccccc2F)c1.Cl. The highest BCUT2D eigenvalue weighted by Crippen LogP contribution is 2.13. The molecule has 0 spiro atoms.